The van der Waals surface area contributed by atoms with Crippen molar-refractivity contribution in [1.82, 2.24) is 14.8 Å². The molecule has 0 saturated carbocycles. The lowest BCUT2D eigenvalue weighted by molar-refractivity contribution is 0.475. The monoisotopic (exact) mass is 245 g/mol. The predicted molar refractivity (Wildman–Crippen MR) is 67.9 cm³/mol. The Morgan fingerprint density at radius 3 is 2.61 bits per heavy atom. The number of amidine groups is 1. The smallest absolute Gasteiger partial charge is 0.165 e. The number of hydrogen-bond donors (Lipinski definition) is 2. The summed E-state index contributed by atoms with van der Waals surface area (Å²) in [6.45, 7) is 4.08. The number of nitrogen functional groups attached to an aromatic ring is 1. The molecule has 18 heavy (non-hydrogen) atoms. The Bertz CT molecular complexity index is 544. The van der Waals surface area contributed by atoms with Gasteiger partial charge in [0.15, 0.2) is 5.75 Å². The second-order valence-electron chi connectivity index (χ2n) is 4.14. The molecule has 0 aromatic carbocycles. The maximum absolute atomic E-state index is 7.24. The molecule has 0 unspecified atom stereocenters. The van der Waals surface area contributed by atoms with E-state index in [0.29, 0.717) is 23.2 Å². The van der Waals surface area contributed by atoms with Gasteiger partial charge in [0.25, 0.3) is 0 Å². The second kappa shape index (κ2) is 4.87. The van der Waals surface area contributed by atoms with E-state index >= 15 is 0 Å². The molecular weight excluding hydrogens is 230 g/mol. The molecule has 2 rings (SSSR count). The molecular formula is C12H15N5O. The zero-order valence-corrected chi connectivity index (χ0v) is 10.3. The van der Waals surface area contributed by atoms with Crippen molar-refractivity contribution in [2.45, 2.75) is 19.9 Å². The van der Waals surface area contributed by atoms with Crippen molar-refractivity contribution in [1.29, 1.82) is 5.41 Å². The standard InChI is InChI=1S/C12H15N5O/c1-8(2)17-7-10(6-16-17)18-9-3-4-11(12(13)14)15-5-9/h3-8H,1-2H3,(H3,13,14). The van der Waals surface area contributed by atoms with Crippen LogP contribution in [-0.4, -0.2) is 20.6 Å². The average molecular weight is 245 g/mol. The molecule has 0 bridgehead atoms. The zero-order valence-electron chi connectivity index (χ0n) is 10.3. The summed E-state index contributed by atoms with van der Waals surface area (Å²) >= 11 is 0. The largest absolute Gasteiger partial charge is 0.452 e. The van der Waals surface area contributed by atoms with Crippen molar-refractivity contribution >= 4 is 5.84 Å². The number of aromatic nitrogens is 3. The van der Waals surface area contributed by atoms with Gasteiger partial charge in [-0.05, 0) is 26.0 Å². The summed E-state index contributed by atoms with van der Waals surface area (Å²) in [5.41, 5.74) is 5.75. The van der Waals surface area contributed by atoms with Crippen LogP contribution in [0.25, 0.3) is 0 Å². The van der Waals surface area contributed by atoms with Gasteiger partial charge in [-0.2, -0.15) is 5.10 Å². The number of ether oxygens (including phenoxy) is 1. The van der Waals surface area contributed by atoms with E-state index in [9.17, 15) is 0 Å². The van der Waals surface area contributed by atoms with Crippen molar-refractivity contribution in [2.24, 2.45) is 5.73 Å². The van der Waals surface area contributed by atoms with Crippen LogP contribution in [-0.2, 0) is 0 Å². The van der Waals surface area contributed by atoms with Gasteiger partial charge < -0.3 is 10.5 Å². The Labute approximate surface area is 105 Å². The molecule has 0 fully saturated rings. The Balaban J connectivity index is 2.10. The number of nitrogens with zero attached hydrogens (tertiary/aromatic N) is 3. The summed E-state index contributed by atoms with van der Waals surface area (Å²) in [6.07, 6.45) is 5.01. The third-order valence-corrected chi connectivity index (χ3v) is 2.35. The molecule has 0 aliphatic carbocycles. The number of nitrogens with one attached hydrogen (secondary N) is 1. The highest BCUT2D eigenvalue weighted by Crippen LogP contribution is 2.20. The highest BCUT2D eigenvalue weighted by atomic mass is 16.5. The first-order valence-corrected chi connectivity index (χ1v) is 5.58. The normalized spacial score (nSPS) is 10.6. The highest BCUT2D eigenvalue weighted by Gasteiger charge is 2.04. The lowest BCUT2D eigenvalue weighted by atomic mass is 10.3. The molecule has 0 aliphatic heterocycles. The average Bonchev–Trinajstić information content (AvgIpc) is 2.78. The minimum atomic E-state index is -0.0609. The van der Waals surface area contributed by atoms with E-state index in [1.165, 1.54) is 6.20 Å². The fourth-order valence-electron chi connectivity index (χ4n) is 1.39. The van der Waals surface area contributed by atoms with Crippen LogP contribution < -0.4 is 10.5 Å². The molecule has 3 N–H and O–H groups in total. The Morgan fingerprint density at radius 1 is 1.33 bits per heavy atom. The lowest BCUT2D eigenvalue weighted by Crippen LogP contribution is -2.12. The molecule has 0 saturated heterocycles. The van der Waals surface area contributed by atoms with Crippen LogP contribution >= 0.6 is 0 Å². The van der Waals surface area contributed by atoms with Crippen molar-refractivity contribution in [3.8, 4) is 11.5 Å². The van der Waals surface area contributed by atoms with Gasteiger partial charge in [0.2, 0.25) is 0 Å². The van der Waals surface area contributed by atoms with Crippen LogP contribution in [0.5, 0.6) is 11.5 Å². The molecule has 2 aromatic rings. The van der Waals surface area contributed by atoms with Gasteiger partial charge in [0, 0.05) is 6.04 Å². The van der Waals surface area contributed by atoms with Gasteiger partial charge >= 0.3 is 0 Å². The van der Waals surface area contributed by atoms with E-state index in [2.05, 4.69) is 10.1 Å². The van der Waals surface area contributed by atoms with E-state index < -0.39 is 0 Å². The topological polar surface area (TPSA) is 89.8 Å². The zero-order chi connectivity index (χ0) is 13.1. The minimum Gasteiger partial charge on any atom is -0.452 e. The predicted octanol–water partition coefficient (Wildman–Crippen LogP) is 1.94. The van der Waals surface area contributed by atoms with Crippen LogP contribution in [0, 0.1) is 5.41 Å². The van der Waals surface area contributed by atoms with Crippen LogP contribution in [0.3, 0.4) is 0 Å². The van der Waals surface area contributed by atoms with E-state index in [1.54, 1.807) is 18.3 Å². The molecule has 6 heteroatoms. The summed E-state index contributed by atoms with van der Waals surface area (Å²) in [7, 11) is 0. The van der Waals surface area contributed by atoms with Gasteiger partial charge in [-0.3, -0.25) is 10.1 Å². The molecule has 94 valence electrons. The van der Waals surface area contributed by atoms with Crippen LogP contribution in [0.1, 0.15) is 25.6 Å². The molecule has 0 spiro atoms. The first kappa shape index (κ1) is 12.1. The molecule has 0 radical (unpaired) electrons. The maximum Gasteiger partial charge on any atom is 0.165 e. The van der Waals surface area contributed by atoms with E-state index in [4.69, 9.17) is 15.9 Å². The maximum atomic E-state index is 7.24. The van der Waals surface area contributed by atoms with Gasteiger partial charge in [0.05, 0.1) is 18.6 Å². The Morgan fingerprint density at radius 2 is 2.11 bits per heavy atom. The minimum absolute atomic E-state index is 0.0609. The molecule has 2 heterocycles. The van der Waals surface area contributed by atoms with Gasteiger partial charge in [-0.25, -0.2) is 4.98 Å². The molecule has 2 aromatic heterocycles. The second-order valence-corrected chi connectivity index (χ2v) is 4.14. The van der Waals surface area contributed by atoms with E-state index in [-0.39, 0.29) is 5.84 Å². The first-order valence-electron chi connectivity index (χ1n) is 5.58. The van der Waals surface area contributed by atoms with Crippen LogP contribution in [0.2, 0.25) is 0 Å². The van der Waals surface area contributed by atoms with Crippen molar-refractivity contribution < 1.29 is 4.74 Å². The summed E-state index contributed by atoms with van der Waals surface area (Å²) < 4.78 is 7.40. The van der Waals surface area contributed by atoms with Crippen molar-refractivity contribution in [3.05, 3.63) is 36.4 Å². The fraction of sp³-hybridized carbons (Fsp3) is 0.250. The molecule has 0 aliphatic rings. The van der Waals surface area contributed by atoms with Gasteiger partial charge in [-0.1, -0.05) is 0 Å². The van der Waals surface area contributed by atoms with Gasteiger partial charge in [0.1, 0.15) is 17.3 Å². The summed E-state index contributed by atoms with van der Waals surface area (Å²) in [6, 6.07) is 3.65. The molecule has 0 atom stereocenters. The van der Waals surface area contributed by atoms with Crippen molar-refractivity contribution in [2.75, 3.05) is 0 Å². The third-order valence-electron chi connectivity index (χ3n) is 2.35. The van der Waals surface area contributed by atoms with Crippen LogP contribution in [0.15, 0.2) is 30.7 Å². The van der Waals surface area contributed by atoms with Gasteiger partial charge in [-0.15, -0.1) is 0 Å². The molecule has 6 nitrogen and oxygen atoms in total. The van der Waals surface area contributed by atoms with Crippen molar-refractivity contribution in [3.63, 3.8) is 0 Å². The molecule has 0 amide bonds. The number of hydrogen-bond acceptors (Lipinski definition) is 4. The Kier molecular flexibility index (Phi) is 3.27. The summed E-state index contributed by atoms with van der Waals surface area (Å²) in [5, 5.41) is 11.4. The number of pyridine rings is 1. The Hall–Kier alpha value is -2.37. The van der Waals surface area contributed by atoms with Crippen LogP contribution in [0.4, 0.5) is 0 Å². The number of rotatable bonds is 4. The number of nitrogens with two attached hydrogens (primary N) is 1. The first-order chi connectivity index (χ1) is 8.56. The third kappa shape index (κ3) is 2.65. The lowest BCUT2D eigenvalue weighted by Gasteiger charge is -2.04. The summed E-state index contributed by atoms with van der Waals surface area (Å²) in [5.74, 6) is 1.18. The quantitative estimate of drug-likeness (QED) is 0.636. The summed E-state index contributed by atoms with van der Waals surface area (Å²) in [4.78, 5) is 4.01. The fourth-order valence-corrected chi connectivity index (χ4v) is 1.39. The van der Waals surface area contributed by atoms with E-state index in [0.717, 1.165) is 0 Å². The highest BCUT2D eigenvalue weighted by molar-refractivity contribution is 5.92. The SMILES string of the molecule is CC(C)n1cc(Oc2ccc(C(=N)N)nc2)cn1. The van der Waals surface area contributed by atoms with E-state index in [1.807, 2.05) is 24.7 Å².